The van der Waals surface area contributed by atoms with Gasteiger partial charge in [-0.15, -0.1) is 0 Å². The van der Waals surface area contributed by atoms with Gasteiger partial charge in [-0.3, -0.25) is 4.90 Å². The Kier molecular flexibility index (Phi) is 6.27. The van der Waals surface area contributed by atoms with Crippen molar-refractivity contribution in [1.29, 1.82) is 0 Å². The van der Waals surface area contributed by atoms with E-state index >= 15 is 0 Å². The van der Waals surface area contributed by atoms with E-state index in [9.17, 15) is 0 Å². The fourth-order valence-electron chi connectivity index (χ4n) is 3.30. The predicted octanol–water partition coefficient (Wildman–Crippen LogP) is 1.55. The quantitative estimate of drug-likeness (QED) is 0.720. The highest BCUT2D eigenvalue weighted by atomic mass is 16.5. The van der Waals surface area contributed by atoms with Crippen LogP contribution in [0, 0.1) is 5.41 Å². The minimum Gasteiger partial charge on any atom is -0.379 e. The van der Waals surface area contributed by atoms with Crippen molar-refractivity contribution in [3.63, 3.8) is 0 Å². The van der Waals surface area contributed by atoms with Crippen LogP contribution in [-0.2, 0) is 4.74 Å². The van der Waals surface area contributed by atoms with Gasteiger partial charge < -0.3 is 15.4 Å². The van der Waals surface area contributed by atoms with Crippen molar-refractivity contribution in [2.45, 2.75) is 45.6 Å². The van der Waals surface area contributed by atoms with Gasteiger partial charge in [0, 0.05) is 25.7 Å². The fourth-order valence-corrected chi connectivity index (χ4v) is 3.30. The molecule has 0 aromatic carbocycles. The second kappa shape index (κ2) is 7.74. The smallest absolute Gasteiger partial charge is 0.0594 e. The topological polar surface area (TPSA) is 41.7 Å². The molecular formula is C16H33N3O. The molecule has 0 spiro atoms. The number of nitrogens with zero attached hydrogens (tertiary/aromatic N) is 2. The summed E-state index contributed by atoms with van der Waals surface area (Å²) in [4.78, 5) is 5.27. The summed E-state index contributed by atoms with van der Waals surface area (Å²) in [5.74, 6) is 0. The lowest BCUT2D eigenvalue weighted by Crippen LogP contribution is -2.44. The number of likely N-dealkylation sites (tertiary alicyclic amines) is 1. The number of hydrogen-bond acceptors (Lipinski definition) is 4. The van der Waals surface area contributed by atoms with E-state index in [1.54, 1.807) is 0 Å². The van der Waals surface area contributed by atoms with Crippen molar-refractivity contribution in [3.8, 4) is 0 Å². The molecular weight excluding hydrogens is 250 g/mol. The van der Waals surface area contributed by atoms with Crippen LogP contribution in [-0.4, -0.2) is 68.3 Å². The predicted molar refractivity (Wildman–Crippen MR) is 83.9 cm³/mol. The van der Waals surface area contributed by atoms with E-state index in [4.69, 9.17) is 10.5 Å². The Bertz CT molecular complexity index is 277. The minimum atomic E-state index is 0.321. The Morgan fingerprint density at radius 1 is 1.15 bits per heavy atom. The van der Waals surface area contributed by atoms with Crippen LogP contribution in [0.25, 0.3) is 0 Å². The van der Waals surface area contributed by atoms with Crippen LogP contribution < -0.4 is 5.73 Å². The van der Waals surface area contributed by atoms with Crippen LogP contribution in [0.5, 0.6) is 0 Å². The molecule has 1 unspecified atom stereocenters. The third kappa shape index (κ3) is 4.99. The van der Waals surface area contributed by atoms with Gasteiger partial charge in [-0.25, -0.2) is 0 Å². The summed E-state index contributed by atoms with van der Waals surface area (Å²) in [6.45, 7) is 13.3. The molecule has 4 nitrogen and oxygen atoms in total. The molecule has 2 aliphatic rings. The van der Waals surface area contributed by atoms with E-state index in [0.29, 0.717) is 5.41 Å². The lowest BCUT2D eigenvalue weighted by molar-refractivity contribution is 0.0185. The van der Waals surface area contributed by atoms with E-state index < -0.39 is 0 Å². The lowest BCUT2D eigenvalue weighted by Gasteiger charge is -2.32. The molecule has 2 rings (SSSR count). The normalized spacial score (nSPS) is 26.2. The largest absolute Gasteiger partial charge is 0.379 e. The molecule has 118 valence electrons. The Balaban J connectivity index is 1.59. The molecule has 0 radical (unpaired) electrons. The maximum atomic E-state index is 5.79. The van der Waals surface area contributed by atoms with Gasteiger partial charge in [0.05, 0.1) is 13.2 Å². The highest BCUT2D eigenvalue weighted by molar-refractivity contribution is 4.84. The molecule has 20 heavy (non-hydrogen) atoms. The third-order valence-electron chi connectivity index (χ3n) is 4.94. The number of rotatable bonds is 7. The van der Waals surface area contributed by atoms with Gasteiger partial charge in [0.2, 0.25) is 0 Å². The summed E-state index contributed by atoms with van der Waals surface area (Å²) >= 11 is 0. The molecule has 0 amide bonds. The Hall–Kier alpha value is -0.160. The van der Waals surface area contributed by atoms with E-state index in [0.717, 1.165) is 38.9 Å². The molecule has 0 saturated carbocycles. The molecule has 0 aliphatic carbocycles. The van der Waals surface area contributed by atoms with Crippen molar-refractivity contribution < 1.29 is 4.74 Å². The average Bonchev–Trinajstić information content (AvgIpc) is 2.93. The number of nitrogens with two attached hydrogens (primary N) is 1. The first-order valence-corrected chi connectivity index (χ1v) is 8.35. The molecule has 2 aliphatic heterocycles. The molecule has 2 N–H and O–H groups in total. The molecule has 2 fully saturated rings. The van der Waals surface area contributed by atoms with Crippen molar-refractivity contribution >= 4 is 0 Å². The Labute approximate surface area is 124 Å². The zero-order valence-corrected chi connectivity index (χ0v) is 13.4. The van der Waals surface area contributed by atoms with Crippen molar-refractivity contribution in [3.05, 3.63) is 0 Å². The van der Waals surface area contributed by atoms with Gasteiger partial charge in [0.25, 0.3) is 0 Å². The summed E-state index contributed by atoms with van der Waals surface area (Å²) in [5, 5.41) is 0. The molecule has 2 heterocycles. The Morgan fingerprint density at radius 3 is 2.60 bits per heavy atom. The number of unbranched alkanes of at least 4 members (excludes halogenated alkanes) is 1. The van der Waals surface area contributed by atoms with E-state index in [1.807, 2.05) is 0 Å². The molecule has 1 atom stereocenters. The van der Waals surface area contributed by atoms with Crippen LogP contribution in [0.15, 0.2) is 0 Å². The molecule has 0 aromatic heterocycles. The Morgan fingerprint density at radius 2 is 1.90 bits per heavy atom. The number of hydrogen-bond donors (Lipinski definition) is 1. The maximum Gasteiger partial charge on any atom is 0.0594 e. The van der Waals surface area contributed by atoms with Gasteiger partial charge in [-0.2, -0.15) is 0 Å². The van der Waals surface area contributed by atoms with Gasteiger partial charge in [-0.05, 0) is 44.3 Å². The standard InChI is InChI=1S/C16H33N3O/c1-16(2,14-17)6-3-4-7-18-8-5-15(13-18)19-9-11-20-12-10-19/h15H,3-14,17H2,1-2H3. The summed E-state index contributed by atoms with van der Waals surface area (Å²) in [6.07, 6.45) is 5.22. The maximum absolute atomic E-state index is 5.79. The summed E-state index contributed by atoms with van der Waals surface area (Å²) in [5.41, 5.74) is 6.11. The van der Waals surface area contributed by atoms with Crippen molar-refractivity contribution in [1.82, 2.24) is 9.80 Å². The zero-order chi connectivity index (χ0) is 14.4. The van der Waals surface area contributed by atoms with Crippen LogP contribution in [0.3, 0.4) is 0 Å². The minimum absolute atomic E-state index is 0.321. The summed E-state index contributed by atoms with van der Waals surface area (Å²) < 4.78 is 5.44. The number of ether oxygens (including phenoxy) is 1. The molecule has 4 heteroatoms. The lowest BCUT2D eigenvalue weighted by atomic mass is 9.87. The van der Waals surface area contributed by atoms with Crippen LogP contribution in [0.2, 0.25) is 0 Å². The first-order chi connectivity index (χ1) is 9.61. The first kappa shape index (κ1) is 16.2. The SMILES string of the molecule is CC(C)(CN)CCCCN1CCC(N2CCOCC2)C1. The summed E-state index contributed by atoms with van der Waals surface area (Å²) in [7, 11) is 0. The van der Waals surface area contributed by atoms with Gasteiger partial charge in [0.1, 0.15) is 0 Å². The van der Waals surface area contributed by atoms with Gasteiger partial charge >= 0.3 is 0 Å². The highest BCUT2D eigenvalue weighted by Gasteiger charge is 2.28. The van der Waals surface area contributed by atoms with Gasteiger partial charge in [-0.1, -0.05) is 20.3 Å². The van der Waals surface area contributed by atoms with E-state index in [1.165, 1.54) is 45.3 Å². The molecule has 2 saturated heterocycles. The first-order valence-electron chi connectivity index (χ1n) is 8.35. The molecule has 0 aromatic rings. The molecule has 0 bridgehead atoms. The second-order valence-electron chi connectivity index (χ2n) is 7.22. The van der Waals surface area contributed by atoms with Crippen molar-refractivity contribution in [2.75, 3.05) is 52.5 Å². The van der Waals surface area contributed by atoms with Crippen LogP contribution in [0.4, 0.5) is 0 Å². The fraction of sp³-hybridized carbons (Fsp3) is 1.00. The third-order valence-corrected chi connectivity index (χ3v) is 4.94. The average molecular weight is 283 g/mol. The van der Waals surface area contributed by atoms with E-state index in [2.05, 4.69) is 23.6 Å². The van der Waals surface area contributed by atoms with Crippen molar-refractivity contribution in [2.24, 2.45) is 11.1 Å². The monoisotopic (exact) mass is 283 g/mol. The van der Waals surface area contributed by atoms with Gasteiger partial charge in [0.15, 0.2) is 0 Å². The van der Waals surface area contributed by atoms with E-state index in [-0.39, 0.29) is 0 Å². The second-order valence-corrected chi connectivity index (χ2v) is 7.22. The highest BCUT2D eigenvalue weighted by Crippen LogP contribution is 2.22. The zero-order valence-electron chi connectivity index (χ0n) is 13.4. The summed E-state index contributed by atoms with van der Waals surface area (Å²) in [6, 6.07) is 0.777. The van der Waals surface area contributed by atoms with Crippen LogP contribution in [0.1, 0.15) is 39.5 Å². The number of morpholine rings is 1. The van der Waals surface area contributed by atoms with Crippen LogP contribution >= 0.6 is 0 Å².